The molecule has 0 spiro atoms. The normalized spacial score (nSPS) is 15.3. The maximum absolute atomic E-state index is 13.0. The Morgan fingerprint density at radius 2 is 1.33 bits per heavy atom. The maximum Gasteiger partial charge on any atom is 0.264 e. The molecule has 238 valence electrons. The van der Waals surface area contributed by atoms with Crippen molar-refractivity contribution >= 4 is 17.7 Å². The van der Waals surface area contributed by atoms with E-state index in [0.717, 1.165) is 12.2 Å². The lowest BCUT2D eigenvalue weighted by molar-refractivity contribution is -0.127. The summed E-state index contributed by atoms with van der Waals surface area (Å²) in [7, 11) is 0. The predicted molar refractivity (Wildman–Crippen MR) is 157 cm³/mol. The highest BCUT2D eigenvalue weighted by Gasteiger charge is 2.32. The fourth-order valence-corrected chi connectivity index (χ4v) is 3.54. The molecule has 3 amide bonds. The zero-order chi connectivity index (χ0) is 31.5. The Bertz CT molecular complexity index is 1010. The highest BCUT2D eigenvalue weighted by atomic mass is 19.1. The Balaban J connectivity index is 1.99. The third-order valence-electron chi connectivity index (χ3n) is 5.79. The third-order valence-corrected chi connectivity index (χ3v) is 5.79. The summed E-state index contributed by atoms with van der Waals surface area (Å²) < 4.78 is 40.0. The minimum Gasteiger partial charge on any atom is -0.377 e. The molecule has 0 radical (unpaired) electrons. The van der Waals surface area contributed by atoms with Crippen LogP contribution >= 0.6 is 0 Å². The molecule has 0 saturated carbocycles. The van der Waals surface area contributed by atoms with E-state index in [1.807, 2.05) is 6.07 Å². The first kappa shape index (κ1) is 37.4. The van der Waals surface area contributed by atoms with Crippen molar-refractivity contribution in [3.8, 4) is 6.07 Å². The second kappa shape index (κ2) is 24.9. The monoisotopic (exact) mass is 606 g/mol. The number of halogens is 1. The van der Waals surface area contributed by atoms with Gasteiger partial charge in [-0.2, -0.15) is 5.26 Å². The standard InChI is InChI=1S/C30H43FN4O8/c1-3-27(31)8-6-5-7-25(23-32)30(38)35-12-9-26(24-35)29(37)34-11-14-40-16-18-42-20-22-43-21-19-41-17-15-39-13-10-33-28(36)4-2/h3-8,26H,1-2,9-22,24H2,(H,33,36)(H,34,37)/b6-5+,25-7+,27-8+. The Morgan fingerprint density at radius 1 is 0.814 bits per heavy atom. The van der Waals surface area contributed by atoms with Crippen molar-refractivity contribution in [1.29, 1.82) is 5.26 Å². The molecule has 1 saturated heterocycles. The summed E-state index contributed by atoms with van der Waals surface area (Å²) in [4.78, 5) is 37.4. The molecule has 0 aromatic rings. The topological polar surface area (TPSA) is 148 Å². The van der Waals surface area contributed by atoms with E-state index >= 15 is 0 Å². The van der Waals surface area contributed by atoms with Crippen LogP contribution < -0.4 is 10.6 Å². The van der Waals surface area contributed by atoms with Crippen molar-refractivity contribution < 1.29 is 42.5 Å². The highest BCUT2D eigenvalue weighted by Crippen LogP contribution is 2.18. The average molecular weight is 607 g/mol. The second-order valence-corrected chi connectivity index (χ2v) is 8.92. The molecule has 43 heavy (non-hydrogen) atoms. The van der Waals surface area contributed by atoms with E-state index in [9.17, 15) is 24.0 Å². The zero-order valence-corrected chi connectivity index (χ0v) is 24.6. The van der Waals surface area contributed by atoms with Crippen LogP contribution in [0.5, 0.6) is 0 Å². The number of ether oxygens (including phenoxy) is 5. The number of carbonyl (C=O) groups is 3. The van der Waals surface area contributed by atoms with Crippen molar-refractivity contribution in [2.24, 2.45) is 5.92 Å². The summed E-state index contributed by atoms with van der Waals surface area (Å²) in [6.07, 6.45) is 7.97. The van der Waals surface area contributed by atoms with Crippen molar-refractivity contribution in [1.82, 2.24) is 15.5 Å². The molecule has 1 unspecified atom stereocenters. The second-order valence-electron chi connectivity index (χ2n) is 8.92. The molecule has 13 heteroatoms. The van der Waals surface area contributed by atoms with Crippen molar-refractivity contribution in [2.45, 2.75) is 6.42 Å². The summed E-state index contributed by atoms with van der Waals surface area (Å²) in [5.74, 6) is -1.78. The van der Waals surface area contributed by atoms with E-state index in [4.69, 9.17) is 23.7 Å². The van der Waals surface area contributed by atoms with Crippen LogP contribution in [0.3, 0.4) is 0 Å². The van der Waals surface area contributed by atoms with Gasteiger partial charge in [0.1, 0.15) is 17.5 Å². The molecule has 1 atom stereocenters. The van der Waals surface area contributed by atoms with E-state index < -0.39 is 11.7 Å². The van der Waals surface area contributed by atoms with E-state index in [0.29, 0.717) is 92.1 Å². The molecule has 1 fully saturated rings. The molecule has 0 aromatic carbocycles. The van der Waals surface area contributed by atoms with Crippen molar-refractivity contribution in [2.75, 3.05) is 92.2 Å². The fourth-order valence-electron chi connectivity index (χ4n) is 3.54. The zero-order valence-electron chi connectivity index (χ0n) is 24.6. The van der Waals surface area contributed by atoms with Gasteiger partial charge < -0.3 is 39.2 Å². The third kappa shape index (κ3) is 18.5. The van der Waals surface area contributed by atoms with Crippen LogP contribution in [0.15, 0.2) is 61.0 Å². The minimum absolute atomic E-state index is 0.0940. The number of hydrogen-bond donors (Lipinski definition) is 2. The summed E-state index contributed by atoms with van der Waals surface area (Å²) in [6, 6.07) is 1.85. The molecular weight excluding hydrogens is 563 g/mol. The highest BCUT2D eigenvalue weighted by molar-refractivity contribution is 5.98. The van der Waals surface area contributed by atoms with Gasteiger partial charge in [-0.05, 0) is 30.7 Å². The SMILES string of the molecule is C=CC(=O)NCCOCCOCCOCCOCCOCCNC(=O)C1CCN(C(=O)/C(C#N)=C/C=C/C=C(/F)C=C)C1. The minimum atomic E-state index is -0.535. The first-order valence-corrected chi connectivity index (χ1v) is 14.1. The van der Waals surface area contributed by atoms with Crippen molar-refractivity contribution in [3.05, 3.63) is 61.0 Å². The van der Waals surface area contributed by atoms with E-state index in [2.05, 4.69) is 23.8 Å². The number of nitrogens with zero attached hydrogens (tertiary/aromatic N) is 2. The molecule has 2 N–H and O–H groups in total. The van der Waals surface area contributed by atoms with Gasteiger partial charge in [0.25, 0.3) is 5.91 Å². The number of carbonyl (C=O) groups excluding carboxylic acids is 3. The van der Waals surface area contributed by atoms with Crippen LogP contribution in [-0.4, -0.2) is 115 Å². The van der Waals surface area contributed by atoms with Crippen LogP contribution in [0.1, 0.15) is 6.42 Å². The van der Waals surface area contributed by atoms with Crippen LogP contribution in [0.2, 0.25) is 0 Å². The molecule has 1 rings (SSSR count). The number of allylic oxidation sites excluding steroid dienone is 6. The number of likely N-dealkylation sites (tertiary alicyclic amines) is 1. The Kier molecular flexibility index (Phi) is 21.6. The fraction of sp³-hybridized carbons (Fsp3) is 0.533. The van der Waals surface area contributed by atoms with Gasteiger partial charge in [0.05, 0.1) is 72.0 Å². The maximum atomic E-state index is 13.0. The summed E-state index contributed by atoms with van der Waals surface area (Å²) >= 11 is 0. The largest absolute Gasteiger partial charge is 0.377 e. The molecule has 1 aliphatic heterocycles. The Morgan fingerprint density at radius 3 is 1.84 bits per heavy atom. The van der Waals surface area contributed by atoms with Crippen LogP contribution in [0.4, 0.5) is 4.39 Å². The quantitative estimate of drug-likeness (QED) is 0.0720. The molecule has 0 bridgehead atoms. The number of nitriles is 1. The van der Waals surface area contributed by atoms with E-state index in [1.54, 1.807) is 0 Å². The first-order valence-electron chi connectivity index (χ1n) is 14.1. The predicted octanol–water partition coefficient (Wildman–Crippen LogP) is 1.38. The van der Waals surface area contributed by atoms with Crippen molar-refractivity contribution in [3.63, 3.8) is 0 Å². The first-order chi connectivity index (χ1) is 20.9. The average Bonchev–Trinajstić information content (AvgIpc) is 3.52. The molecule has 1 heterocycles. The lowest BCUT2D eigenvalue weighted by atomic mass is 10.1. The summed E-state index contributed by atoms with van der Waals surface area (Å²) in [6.45, 7) is 12.1. The summed E-state index contributed by atoms with van der Waals surface area (Å²) in [5.41, 5.74) is -0.0940. The Hall–Kier alpha value is -3.67. The molecule has 1 aliphatic rings. The molecule has 0 aromatic heterocycles. The van der Waals surface area contributed by atoms with E-state index in [1.165, 1.54) is 29.2 Å². The molecule has 0 aliphatic carbocycles. The van der Waals surface area contributed by atoms with Gasteiger partial charge >= 0.3 is 0 Å². The Labute approximate surface area is 252 Å². The number of nitrogens with one attached hydrogen (secondary N) is 2. The van der Waals surface area contributed by atoms with E-state index in [-0.39, 0.29) is 29.9 Å². The molecule has 12 nitrogen and oxygen atoms in total. The lowest BCUT2D eigenvalue weighted by Gasteiger charge is -2.16. The van der Waals surface area contributed by atoms with Gasteiger partial charge in [-0.25, -0.2) is 4.39 Å². The molecular formula is C30H43FN4O8. The smallest absolute Gasteiger partial charge is 0.264 e. The van der Waals surface area contributed by atoms with Crippen LogP contribution in [0.25, 0.3) is 0 Å². The van der Waals surface area contributed by atoms with Gasteiger partial charge in [-0.15, -0.1) is 0 Å². The van der Waals surface area contributed by atoms with Gasteiger partial charge in [0.15, 0.2) is 0 Å². The number of rotatable bonds is 24. The van der Waals surface area contributed by atoms with Crippen LogP contribution in [-0.2, 0) is 38.1 Å². The lowest BCUT2D eigenvalue weighted by Crippen LogP contribution is -2.36. The summed E-state index contributed by atoms with van der Waals surface area (Å²) in [5, 5.41) is 14.7. The van der Waals surface area contributed by atoms with Crippen LogP contribution in [0, 0.1) is 17.2 Å². The number of hydrogen-bond acceptors (Lipinski definition) is 9. The van der Waals surface area contributed by atoms with Gasteiger partial charge in [0.2, 0.25) is 11.8 Å². The van der Waals surface area contributed by atoms with Gasteiger partial charge in [-0.3, -0.25) is 14.4 Å². The van der Waals surface area contributed by atoms with Gasteiger partial charge in [0, 0.05) is 26.2 Å². The number of amides is 3. The van der Waals surface area contributed by atoms with Gasteiger partial charge in [-0.1, -0.05) is 25.3 Å².